The Hall–Kier alpha value is -1.27. The van der Waals surface area contributed by atoms with Gasteiger partial charge in [-0.3, -0.25) is 10.2 Å². The van der Waals surface area contributed by atoms with Gasteiger partial charge in [-0.15, -0.1) is 0 Å². The number of fused-ring (bicyclic) bond motifs is 1. The lowest BCUT2D eigenvalue weighted by atomic mass is 9.95. The van der Waals surface area contributed by atoms with Crippen LogP contribution in [0, 0.1) is 5.92 Å². The smallest absolute Gasteiger partial charge is 0.216 e. The Balaban J connectivity index is 1.21. The summed E-state index contributed by atoms with van der Waals surface area (Å²) in [4.78, 5) is 5.88. The van der Waals surface area contributed by atoms with Gasteiger partial charge in [0.05, 0.1) is 36.4 Å². The second-order valence-corrected chi connectivity index (χ2v) is 11.4. The number of ether oxygens (including phenoxy) is 1. The number of piperidine rings is 1. The molecule has 0 saturated carbocycles. The van der Waals surface area contributed by atoms with E-state index >= 15 is 0 Å². The zero-order chi connectivity index (χ0) is 20.9. The van der Waals surface area contributed by atoms with E-state index in [4.69, 9.17) is 9.57 Å². The van der Waals surface area contributed by atoms with Crippen molar-refractivity contribution in [3.05, 3.63) is 29.3 Å². The first kappa shape index (κ1) is 20.6. The first-order valence-corrected chi connectivity index (χ1v) is 12.3. The van der Waals surface area contributed by atoms with E-state index in [1.54, 1.807) is 18.2 Å². The molecule has 4 heterocycles. The molecule has 1 aromatic rings. The van der Waals surface area contributed by atoms with Crippen LogP contribution in [0.5, 0.6) is 0 Å². The van der Waals surface area contributed by atoms with Crippen LogP contribution in [0.2, 0.25) is 0 Å². The molecule has 3 saturated heterocycles. The summed E-state index contributed by atoms with van der Waals surface area (Å²) in [6, 6.07) is 6.84. The van der Waals surface area contributed by atoms with Gasteiger partial charge in [0.2, 0.25) is 10.0 Å². The van der Waals surface area contributed by atoms with Crippen molar-refractivity contribution in [3.8, 4) is 0 Å². The number of nitrogens with one attached hydrogen (secondary N) is 3. The van der Waals surface area contributed by atoms with Crippen LogP contribution >= 0.6 is 0 Å². The standard InChI is InChI=1S/C20H31N5O4S/c1-13(2)30(26,27)24-7-5-14(6-8-24)19-22-20(29-23-19)15-3-4-16-10-21-25(18(16)9-15)17-11-28-12-17/h3-4,9,13-14,17,19-23H,5-8,10-12H2,1-2H3. The van der Waals surface area contributed by atoms with Gasteiger partial charge in [-0.2, -0.15) is 5.48 Å². The number of hydroxylamine groups is 1. The molecule has 5 rings (SSSR count). The number of hydrogen-bond donors (Lipinski definition) is 3. The maximum Gasteiger partial charge on any atom is 0.216 e. The molecule has 2 atom stereocenters. The fourth-order valence-electron chi connectivity index (χ4n) is 4.60. The SMILES string of the molecule is CC(C)S(=O)(=O)N1CCC(C2NOC(c3ccc4c(c3)N(C3COC3)NC4)N2)CC1. The lowest BCUT2D eigenvalue weighted by Gasteiger charge is -2.36. The number of hydrazine groups is 1. The van der Waals surface area contributed by atoms with Crippen LogP contribution in [0.1, 0.15) is 44.0 Å². The summed E-state index contributed by atoms with van der Waals surface area (Å²) >= 11 is 0. The van der Waals surface area contributed by atoms with E-state index < -0.39 is 10.0 Å². The molecular weight excluding hydrogens is 406 g/mol. The average molecular weight is 438 g/mol. The Morgan fingerprint density at radius 3 is 2.60 bits per heavy atom. The molecule has 166 valence electrons. The van der Waals surface area contributed by atoms with Crippen LogP contribution in [0.25, 0.3) is 0 Å². The van der Waals surface area contributed by atoms with Crippen LogP contribution in [-0.2, 0) is 26.1 Å². The van der Waals surface area contributed by atoms with Gasteiger partial charge in [-0.1, -0.05) is 12.1 Å². The Bertz CT molecular complexity index is 883. The van der Waals surface area contributed by atoms with Gasteiger partial charge in [-0.25, -0.2) is 18.1 Å². The summed E-state index contributed by atoms with van der Waals surface area (Å²) in [5.41, 5.74) is 10.2. The third-order valence-corrected chi connectivity index (χ3v) is 8.94. The molecule has 1 aromatic carbocycles. The van der Waals surface area contributed by atoms with Crippen LogP contribution < -0.4 is 21.2 Å². The zero-order valence-electron chi connectivity index (χ0n) is 17.5. The minimum Gasteiger partial charge on any atom is -0.377 e. The third-order valence-electron chi connectivity index (χ3n) is 6.67. The maximum atomic E-state index is 12.4. The van der Waals surface area contributed by atoms with E-state index in [2.05, 4.69) is 39.4 Å². The van der Waals surface area contributed by atoms with Crippen molar-refractivity contribution in [3.63, 3.8) is 0 Å². The lowest BCUT2D eigenvalue weighted by molar-refractivity contribution is 0.00471. The molecule has 4 aliphatic rings. The summed E-state index contributed by atoms with van der Waals surface area (Å²) in [6.45, 7) is 6.96. The number of rotatable bonds is 5. The van der Waals surface area contributed by atoms with E-state index in [0.29, 0.717) is 25.0 Å². The average Bonchev–Trinajstić information content (AvgIpc) is 3.34. The fourth-order valence-corrected chi connectivity index (χ4v) is 5.92. The summed E-state index contributed by atoms with van der Waals surface area (Å²) in [5.74, 6) is 0.327. The second kappa shape index (κ2) is 8.01. The van der Waals surface area contributed by atoms with Crippen LogP contribution in [0.4, 0.5) is 5.69 Å². The minimum atomic E-state index is -3.17. The van der Waals surface area contributed by atoms with Gasteiger partial charge in [0.25, 0.3) is 0 Å². The summed E-state index contributed by atoms with van der Waals surface area (Å²) in [7, 11) is -3.17. The molecule has 0 spiro atoms. The zero-order valence-corrected chi connectivity index (χ0v) is 18.3. The molecule has 0 aromatic heterocycles. The van der Waals surface area contributed by atoms with Crippen molar-refractivity contribution >= 4 is 15.7 Å². The highest BCUT2D eigenvalue weighted by Crippen LogP contribution is 2.34. The molecule has 0 amide bonds. The van der Waals surface area contributed by atoms with Crippen molar-refractivity contribution in [2.45, 2.75) is 56.9 Å². The quantitative estimate of drug-likeness (QED) is 0.623. The Kier molecular flexibility index (Phi) is 5.51. The van der Waals surface area contributed by atoms with Crippen LogP contribution in [0.3, 0.4) is 0 Å². The Labute approximate surface area is 178 Å². The number of nitrogens with zero attached hydrogens (tertiary/aromatic N) is 2. The van der Waals surface area contributed by atoms with Gasteiger partial charge in [-0.05, 0) is 49.8 Å². The van der Waals surface area contributed by atoms with E-state index in [-0.39, 0.29) is 17.6 Å². The van der Waals surface area contributed by atoms with E-state index in [1.165, 1.54) is 11.3 Å². The molecule has 2 unspecified atom stereocenters. The van der Waals surface area contributed by atoms with E-state index in [0.717, 1.165) is 38.2 Å². The number of anilines is 1. The summed E-state index contributed by atoms with van der Waals surface area (Å²) < 4.78 is 31.8. The van der Waals surface area contributed by atoms with Crippen molar-refractivity contribution in [2.24, 2.45) is 5.92 Å². The molecule has 0 aliphatic carbocycles. The topological polar surface area (TPSA) is 95.2 Å². The molecule has 30 heavy (non-hydrogen) atoms. The van der Waals surface area contributed by atoms with Gasteiger partial charge in [0.15, 0.2) is 6.23 Å². The lowest BCUT2D eigenvalue weighted by Crippen LogP contribution is -2.53. The molecule has 0 radical (unpaired) electrons. The van der Waals surface area contributed by atoms with E-state index in [9.17, 15) is 8.42 Å². The highest BCUT2D eigenvalue weighted by Gasteiger charge is 2.38. The fraction of sp³-hybridized carbons (Fsp3) is 0.700. The monoisotopic (exact) mass is 437 g/mol. The molecule has 3 N–H and O–H groups in total. The highest BCUT2D eigenvalue weighted by atomic mass is 32.2. The Morgan fingerprint density at radius 1 is 1.17 bits per heavy atom. The summed E-state index contributed by atoms with van der Waals surface area (Å²) in [5, 5.41) is 5.40. The second-order valence-electron chi connectivity index (χ2n) is 8.87. The van der Waals surface area contributed by atoms with Crippen molar-refractivity contribution < 1.29 is 18.0 Å². The first-order valence-electron chi connectivity index (χ1n) is 10.8. The molecular formula is C20H31N5O4S. The predicted octanol–water partition coefficient (Wildman–Crippen LogP) is 0.809. The summed E-state index contributed by atoms with van der Waals surface area (Å²) in [6.07, 6.45) is 1.42. The van der Waals surface area contributed by atoms with Crippen LogP contribution in [-0.4, -0.2) is 56.5 Å². The molecule has 9 nitrogen and oxygen atoms in total. The largest absolute Gasteiger partial charge is 0.377 e. The number of benzene rings is 1. The molecule has 4 aliphatic heterocycles. The highest BCUT2D eigenvalue weighted by molar-refractivity contribution is 7.89. The third kappa shape index (κ3) is 3.64. The molecule has 3 fully saturated rings. The van der Waals surface area contributed by atoms with Gasteiger partial charge in [0.1, 0.15) is 0 Å². The van der Waals surface area contributed by atoms with Crippen molar-refractivity contribution in [1.29, 1.82) is 0 Å². The maximum absolute atomic E-state index is 12.4. The number of hydrogen-bond acceptors (Lipinski definition) is 8. The van der Waals surface area contributed by atoms with Gasteiger partial charge < -0.3 is 9.75 Å². The van der Waals surface area contributed by atoms with Crippen molar-refractivity contribution in [1.82, 2.24) is 20.5 Å². The minimum absolute atomic E-state index is 0.0152. The first-order chi connectivity index (χ1) is 14.4. The van der Waals surface area contributed by atoms with Crippen molar-refractivity contribution in [2.75, 3.05) is 31.3 Å². The Morgan fingerprint density at radius 2 is 1.93 bits per heavy atom. The van der Waals surface area contributed by atoms with Gasteiger partial charge in [0, 0.05) is 19.6 Å². The number of sulfonamides is 1. The van der Waals surface area contributed by atoms with Gasteiger partial charge >= 0.3 is 0 Å². The molecule has 0 bridgehead atoms. The normalized spacial score (nSPS) is 28.8. The van der Waals surface area contributed by atoms with E-state index in [1.807, 2.05) is 0 Å². The molecule has 10 heteroatoms. The predicted molar refractivity (Wildman–Crippen MR) is 113 cm³/mol. The van der Waals surface area contributed by atoms with Crippen LogP contribution in [0.15, 0.2) is 18.2 Å².